The number of ether oxygens (including phenoxy) is 1. The largest absolute Gasteiger partial charge is 0.495 e. The van der Waals surface area contributed by atoms with Crippen LogP contribution in [0.2, 0.25) is 0 Å². The van der Waals surface area contributed by atoms with E-state index in [4.69, 9.17) is 4.74 Å². The lowest BCUT2D eigenvalue weighted by Crippen LogP contribution is -2.27. The summed E-state index contributed by atoms with van der Waals surface area (Å²) < 4.78 is 34.2. The number of methoxy groups -OCH3 is 1. The molecule has 3 rings (SSSR count). The van der Waals surface area contributed by atoms with E-state index >= 15 is 0 Å². The second-order valence-corrected chi connectivity index (χ2v) is 8.62. The van der Waals surface area contributed by atoms with Crippen LogP contribution in [-0.4, -0.2) is 15.5 Å². The number of hydrogen-bond acceptors (Lipinski definition) is 3. The van der Waals surface area contributed by atoms with Crippen molar-refractivity contribution in [1.82, 2.24) is 4.72 Å². The van der Waals surface area contributed by atoms with Crippen molar-refractivity contribution >= 4 is 26.0 Å². The van der Waals surface area contributed by atoms with Gasteiger partial charge in [-0.1, -0.05) is 34.1 Å². The zero-order valence-corrected chi connectivity index (χ0v) is 16.1. The molecule has 0 unspecified atom stereocenters. The van der Waals surface area contributed by atoms with Crippen molar-refractivity contribution in [2.24, 2.45) is 0 Å². The van der Waals surface area contributed by atoms with E-state index in [1.807, 2.05) is 13.0 Å². The summed E-state index contributed by atoms with van der Waals surface area (Å²) in [5.74, 6) is 0.326. The predicted molar refractivity (Wildman–Crippen MR) is 97.9 cm³/mol. The van der Waals surface area contributed by atoms with E-state index in [2.05, 4.69) is 32.8 Å². The third-order valence-corrected chi connectivity index (χ3v) is 6.42. The number of halogens is 1. The molecule has 0 spiro atoms. The fourth-order valence-corrected chi connectivity index (χ4v) is 5.03. The van der Waals surface area contributed by atoms with Gasteiger partial charge >= 0.3 is 0 Å². The Labute approximate surface area is 151 Å². The zero-order chi connectivity index (χ0) is 17.3. The Bertz CT molecular complexity index is 865. The SMILES string of the molecule is COc1ccc(Br)cc1S(=O)(=O)N[C@@H](C)c1ccc2c(c1)CCC2. The van der Waals surface area contributed by atoms with Crippen LogP contribution in [0.3, 0.4) is 0 Å². The second kappa shape index (κ2) is 6.86. The van der Waals surface area contributed by atoms with E-state index in [1.165, 1.54) is 24.7 Å². The van der Waals surface area contributed by atoms with Gasteiger partial charge in [0.2, 0.25) is 10.0 Å². The Morgan fingerprint density at radius 3 is 2.62 bits per heavy atom. The molecule has 0 bridgehead atoms. The Morgan fingerprint density at radius 1 is 1.12 bits per heavy atom. The highest BCUT2D eigenvalue weighted by Crippen LogP contribution is 2.30. The van der Waals surface area contributed by atoms with E-state index in [9.17, 15) is 8.42 Å². The number of aryl methyl sites for hydroxylation is 2. The van der Waals surface area contributed by atoms with Crippen LogP contribution in [0.15, 0.2) is 45.8 Å². The highest BCUT2D eigenvalue weighted by atomic mass is 79.9. The number of nitrogens with one attached hydrogen (secondary N) is 1. The molecule has 0 radical (unpaired) electrons. The van der Waals surface area contributed by atoms with Gasteiger partial charge in [0, 0.05) is 10.5 Å². The first kappa shape index (κ1) is 17.5. The number of sulfonamides is 1. The van der Waals surface area contributed by atoms with Gasteiger partial charge in [-0.15, -0.1) is 0 Å². The maximum absolute atomic E-state index is 12.8. The molecule has 0 saturated heterocycles. The highest BCUT2D eigenvalue weighted by Gasteiger charge is 2.23. The first-order valence-electron chi connectivity index (χ1n) is 7.88. The average Bonchev–Trinajstić information content (AvgIpc) is 3.02. The van der Waals surface area contributed by atoms with Crippen molar-refractivity contribution in [3.8, 4) is 5.75 Å². The lowest BCUT2D eigenvalue weighted by atomic mass is 10.0. The topological polar surface area (TPSA) is 55.4 Å². The van der Waals surface area contributed by atoms with Crippen molar-refractivity contribution in [1.29, 1.82) is 0 Å². The lowest BCUT2D eigenvalue weighted by Gasteiger charge is -2.17. The molecule has 1 atom stereocenters. The molecule has 6 heteroatoms. The van der Waals surface area contributed by atoms with Crippen molar-refractivity contribution in [3.63, 3.8) is 0 Å². The molecular formula is C18H20BrNO3S. The quantitative estimate of drug-likeness (QED) is 0.811. The minimum atomic E-state index is -3.69. The summed E-state index contributed by atoms with van der Waals surface area (Å²) in [6.45, 7) is 1.86. The normalized spacial score (nSPS) is 15.1. The maximum atomic E-state index is 12.8. The Morgan fingerprint density at radius 2 is 1.88 bits per heavy atom. The highest BCUT2D eigenvalue weighted by molar-refractivity contribution is 9.10. The summed E-state index contributed by atoms with van der Waals surface area (Å²) in [5, 5.41) is 0. The van der Waals surface area contributed by atoms with Crippen molar-refractivity contribution in [3.05, 3.63) is 57.6 Å². The number of rotatable bonds is 5. The van der Waals surface area contributed by atoms with E-state index in [0.717, 1.165) is 18.4 Å². The molecule has 2 aromatic carbocycles. The fraction of sp³-hybridized carbons (Fsp3) is 0.333. The third kappa shape index (κ3) is 3.50. The molecule has 0 aromatic heterocycles. The summed E-state index contributed by atoms with van der Waals surface area (Å²) in [6, 6.07) is 10.9. The van der Waals surface area contributed by atoms with Crippen LogP contribution in [-0.2, 0) is 22.9 Å². The van der Waals surface area contributed by atoms with Gasteiger partial charge in [0.25, 0.3) is 0 Å². The summed E-state index contributed by atoms with van der Waals surface area (Å²) in [4.78, 5) is 0.132. The van der Waals surface area contributed by atoms with Crippen LogP contribution in [0.25, 0.3) is 0 Å². The van der Waals surface area contributed by atoms with Crippen molar-refractivity contribution < 1.29 is 13.2 Å². The molecule has 0 amide bonds. The third-order valence-electron chi connectivity index (χ3n) is 4.37. The fourth-order valence-electron chi connectivity index (χ4n) is 3.09. The molecular weight excluding hydrogens is 390 g/mol. The molecule has 0 fully saturated rings. The zero-order valence-electron chi connectivity index (χ0n) is 13.7. The molecule has 4 nitrogen and oxygen atoms in total. The summed E-state index contributed by atoms with van der Waals surface area (Å²) >= 11 is 3.32. The molecule has 0 aliphatic heterocycles. The van der Waals surface area contributed by atoms with Gasteiger partial charge in [-0.25, -0.2) is 13.1 Å². The van der Waals surface area contributed by atoms with Crippen LogP contribution in [0.5, 0.6) is 5.75 Å². The number of fused-ring (bicyclic) bond motifs is 1. The molecule has 1 aliphatic carbocycles. The minimum Gasteiger partial charge on any atom is -0.495 e. The summed E-state index contributed by atoms with van der Waals surface area (Å²) in [5.41, 5.74) is 3.69. The van der Waals surface area contributed by atoms with Crippen LogP contribution < -0.4 is 9.46 Å². The lowest BCUT2D eigenvalue weighted by molar-refractivity contribution is 0.402. The number of benzene rings is 2. The monoisotopic (exact) mass is 409 g/mol. The van der Waals surface area contributed by atoms with E-state index in [0.29, 0.717) is 10.2 Å². The van der Waals surface area contributed by atoms with E-state index in [1.54, 1.807) is 18.2 Å². The Hall–Kier alpha value is -1.37. The van der Waals surface area contributed by atoms with Gasteiger partial charge in [0.1, 0.15) is 10.6 Å². The molecule has 1 N–H and O–H groups in total. The molecule has 0 heterocycles. The van der Waals surface area contributed by atoms with Gasteiger partial charge in [0.05, 0.1) is 7.11 Å². The molecule has 24 heavy (non-hydrogen) atoms. The standard InChI is InChI=1S/C18H20BrNO3S/c1-12(14-7-6-13-4-3-5-15(13)10-14)20-24(21,22)18-11-16(19)8-9-17(18)23-2/h6-12,20H,3-5H2,1-2H3/t12-/m0/s1. The summed E-state index contributed by atoms with van der Waals surface area (Å²) in [6.07, 6.45) is 3.36. The Kier molecular flexibility index (Phi) is 4.99. The van der Waals surface area contributed by atoms with Crippen LogP contribution in [0, 0.1) is 0 Å². The van der Waals surface area contributed by atoms with Crippen molar-refractivity contribution in [2.45, 2.75) is 37.1 Å². The molecule has 2 aromatic rings. The molecule has 1 aliphatic rings. The van der Waals surface area contributed by atoms with Gasteiger partial charge in [-0.05, 0) is 61.1 Å². The second-order valence-electron chi connectivity index (χ2n) is 6.02. The first-order chi connectivity index (χ1) is 11.4. The van der Waals surface area contributed by atoms with Crippen LogP contribution in [0.1, 0.15) is 36.1 Å². The smallest absolute Gasteiger partial charge is 0.244 e. The Balaban J connectivity index is 1.88. The van der Waals surface area contributed by atoms with Gasteiger partial charge in [-0.2, -0.15) is 0 Å². The summed E-state index contributed by atoms with van der Waals surface area (Å²) in [7, 11) is -2.23. The maximum Gasteiger partial charge on any atom is 0.244 e. The van der Waals surface area contributed by atoms with Crippen molar-refractivity contribution in [2.75, 3.05) is 7.11 Å². The van der Waals surface area contributed by atoms with E-state index < -0.39 is 10.0 Å². The first-order valence-corrected chi connectivity index (χ1v) is 10.2. The van der Waals surface area contributed by atoms with E-state index in [-0.39, 0.29) is 10.9 Å². The number of hydrogen-bond donors (Lipinski definition) is 1. The molecule has 128 valence electrons. The van der Waals surface area contributed by atoms with Gasteiger partial charge in [-0.3, -0.25) is 0 Å². The van der Waals surface area contributed by atoms with Gasteiger partial charge in [0.15, 0.2) is 0 Å². The minimum absolute atomic E-state index is 0.132. The van der Waals surface area contributed by atoms with Gasteiger partial charge < -0.3 is 4.74 Å². The average molecular weight is 410 g/mol. The predicted octanol–water partition coefficient (Wildman–Crippen LogP) is 3.99. The van der Waals surface area contributed by atoms with Crippen LogP contribution in [0.4, 0.5) is 0 Å². The van der Waals surface area contributed by atoms with Crippen LogP contribution >= 0.6 is 15.9 Å². The molecule has 0 saturated carbocycles.